The Morgan fingerprint density at radius 2 is 1.75 bits per heavy atom. The molecular formula is C19H29N3O2. The molecule has 132 valence electrons. The van der Waals surface area contributed by atoms with Gasteiger partial charge < -0.3 is 16.0 Å². The van der Waals surface area contributed by atoms with E-state index in [-0.39, 0.29) is 23.9 Å². The van der Waals surface area contributed by atoms with Gasteiger partial charge in [0.1, 0.15) is 0 Å². The molecule has 1 fully saturated rings. The van der Waals surface area contributed by atoms with E-state index >= 15 is 0 Å². The summed E-state index contributed by atoms with van der Waals surface area (Å²) in [6, 6.07) is 5.63. The van der Waals surface area contributed by atoms with Crippen molar-refractivity contribution < 1.29 is 9.59 Å². The van der Waals surface area contributed by atoms with Gasteiger partial charge in [-0.15, -0.1) is 0 Å². The van der Waals surface area contributed by atoms with Crippen molar-refractivity contribution in [3.05, 3.63) is 23.8 Å². The third-order valence-electron chi connectivity index (χ3n) is 4.63. The van der Waals surface area contributed by atoms with Crippen LogP contribution in [-0.2, 0) is 4.79 Å². The average molecular weight is 331 g/mol. The number of rotatable bonds is 4. The van der Waals surface area contributed by atoms with Gasteiger partial charge in [0.15, 0.2) is 0 Å². The predicted octanol–water partition coefficient (Wildman–Crippen LogP) is 4.29. The second-order valence-corrected chi connectivity index (χ2v) is 7.23. The summed E-state index contributed by atoms with van der Waals surface area (Å²) in [7, 11) is 0. The van der Waals surface area contributed by atoms with Crippen LogP contribution in [0.25, 0.3) is 0 Å². The number of nitrogens with one attached hydrogen (secondary N) is 3. The number of carbonyl (C=O) groups is 2. The van der Waals surface area contributed by atoms with E-state index in [0.29, 0.717) is 5.69 Å². The number of urea groups is 1. The normalized spacial score (nSPS) is 20.5. The molecule has 3 amide bonds. The Hall–Kier alpha value is -2.04. The topological polar surface area (TPSA) is 70.2 Å². The molecular weight excluding hydrogens is 302 g/mol. The number of hydrogen-bond acceptors (Lipinski definition) is 2. The van der Waals surface area contributed by atoms with Crippen molar-refractivity contribution >= 4 is 23.3 Å². The lowest BCUT2D eigenvalue weighted by Crippen LogP contribution is -2.40. The van der Waals surface area contributed by atoms with Gasteiger partial charge in [-0.2, -0.15) is 0 Å². The first-order chi connectivity index (χ1) is 11.3. The van der Waals surface area contributed by atoms with Crippen LogP contribution < -0.4 is 16.0 Å². The highest BCUT2D eigenvalue weighted by Crippen LogP contribution is 2.24. The molecule has 0 atom stereocenters. The fourth-order valence-electron chi connectivity index (χ4n) is 2.87. The van der Waals surface area contributed by atoms with E-state index in [1.54, 1.807) is 6.07 Å². The zero-order valence-corrected chi connectivity index (χ0v) is 15.1. The molecule has 5 heteroatoms. The molecule has 3 N–H and O–H groups in total. The summed E-state index contributed by atoms with van der Waals surface area (Å²) in [5, 5.41) is 8.82. The Bertz CT molecular complexity index is 590. The molecule has 1 saturated carbocycles. The standard InChI is InChI=1S/C19H29N3O2/c1-12(2)18(23)20-16-10-7-14(4)17(11-16)22-19(24)21-15-8-5-13(3)6-9-15/h7,10-13,15H,5-6,8-9H2,1-4H3,(H,20,23)(H2,21,22,24). The van der Waals surface area contributed by atoms with E-state index in [9.17, 15) is 9.59 Å². The minimum atomic E-state index is -0.176. The molecule has 1 aromatic carbocycles. The number of hydrogen-bond donors (Lipinski definition) is 3. The zero-order valence-electron chi connectivity index (χ0n) is 15.1. The molecule has 0 radical (unpaired) electrons. The summed E-state index contributed by atoms with van der Waals surface area (Å²) in [4.78, 5) is 24.1. The second-order valence-electron chi connectivity index (χ2n) is 7.23. The Labute approximate surface area is 144 Å². The maximum absolute atomic E-state index is 12.2. The Kier molecular flexibility index (Phi) is 6.23. The Morgan fingerprint density at radius 1 is 1.08 bits per heavy atom. The number of benzene rings is 1. The van der Waals surface area contributed by atoms with Gasteiger partial charge in [-0.05, 0) is 56.2 Å². The van der Waals surface area contributed by atoms with Gasteiger partial charge in [0.25, 0.3) is 0 Å². The van der Waals surface area contributed by atoms with Gasteiger partial charge in [0, 0.05) is 23.3 Å². The Morgan fingerprint density at radius 3 is 2.38 bits per heavy atom. The van der Waals surface area contributed by atoms with Crippen molar-refractivity contribution in [2.45, 2.75) is 59.4 Å². The molecule has 1 aliphatic rings. The summed E-state index contributed by atoms with van der Waals surface area (Å²) >= 11 is 0. The summed E-state index contributed by atoms with van der Waals surface area (Å²) in [5.74, 6) is 0.639. The lowest BCUT2D eigenvalue weighted by molar-refractivity contribution is -0.118. The summed E-state index contributed by atoms with van der Waals surface area (Å²) < 4.78 is 0. The van der Waals surface area contributed by atoms with Crippen LogP contribution in [0, 0.1) is 18.8 Å². The van der Waals surface area contributed by atoms with E-state index in [1.165, 1.54) is 12.8 Å². The van der Waals surface area contributed by atoms with Gasteiger partial charge in [-0.25, -0.2) is 4.79 Å². The SMILES string of the molecule is Cc1ccc(NC(=O)C(C)C)cc1NC(=O)NC1CCC(C)CC1. The minimum Gasteiger partial charge on any atom is -0.335 e. The van der Waals surface area contributed by atoms with Gasteiger partial charge in [0.05, 0.1) is 0 Å². The molecule has 1 aliphatic carbocycles. The lowest BCUT2D eigenvalue weighted by atomic mass is 9.87. The smallest absolute Gasteiger partial charge is 0.319 e. The molecule has 5 nitrogen and oxygen atoms in total. The highest BCUT2D eigenvalue weighted by atomic mass is 16.2. The van der Waals surface area contributed by atoms with Crippen LogP contribution >= 0.6 is 0 Å². The number of amides is 3. The number of carbonyl (C=O) groups excluding carboxylic acids is 2. The molecule has 0 aliphatic heterocycles. The van der Waals surface area contributed by atoms with Crippen LogP contribution in [0.4, 0.5) is 16.2 Å². The van der Waals surface area contributed by atoms with Crippen LogP contribution in [0.1, 0.15) is 52.0 Å². The highest BCUT2D eigenvalue weighted by molar-refractivity contribution is 5.94. The lowest BCUT2D eigenvalue weighted by Gasteiger charge is -2.27. The first-order valence-corrected chi connectivity index (χ1v) is 8.84. The zero-order chi connectivity index (χ0) is 17.7. The fraction of sp³-hybridized carbons (Fsp3) is 0.579. The molecule has 0 bridgehead atoms. The number of anilines is 2. The average Bonchev–Trinajstić information content (AvgIpc) is 2.52. The van der Waals surface area contributed by atoms with Crippen molar-refractivity contribution in [1.82, 2.24) is 5.32 Å². The third-order valence-corrected chi connectivity index (χ3v) is 4.63. The van der Waals surface area contributed by atoms with Crippen LogP contribution in [0.5, 0.6) is 0 Å². The summed E-state index contributed by atoms with van der Waals surface area (Å²) in [6.45, 7) is 7.89. The van der Waals surface area contributed by atoms with Gasteiger partial charge in [0.2, 0.25) is 5.91 Å². The largest absolute Gasteiger partial charge is 0.335 e. The summed E-state index contributed by atoms with van der Waals surface area (Å²) in [6.07, 6.45) is 4.41. The van der Waals surface area contributed by atoms with Gasteiger partial charge in [-0.3, -0.25) is 4.79 Å². The van der Waals surface area contributed by atoms with Gasteiger partial charge >= 0.3 is 6.03 Å². The number of aryl methyl sites for hydroxylation is 1. The quantitative estimate of drug-likeness (QED) is 0.770. The van der Waals surface area contributed by atoms with E-state index in [4.69, 9.17) is 0 Å². The van der Waals surface area contributed by atoms with E-state index in [1.807, 2.05) is 32.9 Å². The Balaban J connectivity index is 1.95. The molecule has 0 heterocycles. The van der Waals surface area contributed by atoms with Crippen molar-refractivity contribution in [2.75, 3.05) is 10.6 Å². The fourth-order valence-corrected chi connectivity index (χ4v) is 2.87. The van der Waals surface area contributed by atoms with E-state index < -0.39 is 0 Å². The first kappa shape index (κ1) is 18.3. The molecule has 0 spiro atoms. The third kappa shape index (κ3) is 5.25. The van der Waals surface area contributed by atoms with Crippen LogP contribution in [0.2, 0.25) is 0 Å². The maximum atomic E-state index is 12.2. The van der Waals surface area contributed by atoms with E-state index in [0.717, 1.165) is 30.0 Å². The van der Waals surface area contributed by atoms with Gasteiger partial charge in [-0.1, -0.05) is 26.8 Å². The molecule has 0 aromatic heterocycles. The second kappa shape index (κ2) is 8.18. The molecule has 24 heavy (non-hydrogen) atoms. The van der Waals surface area contributed by atoms with Crippen LogP contribution in [0.3, 0.4) is 0 Å². The monoisotopic (exact) mass is 331 g/mol. The highest BCUT2D eigenvalue weighted by Gasteiger charge is 2.20. The van der Waals surface area contributed by atoms with Crippen molar-refractivity contribution in [3.8, 4) is 0 Å². The first-order valence-electron chi connectivity index (χ1n) is 8.84. The molecule has 2 rings (SSSR count). The molecule has 0 saturated heterocycles. The van der Waals surface area contributed by atoms with Crippen LogP contribution in [-0.4, -0.2) is 18.0 Å². The van der Waals surface area contributed by atoms with Crippen molar-refractivity contribution in [2.24, 2.45) is 11.8 Å². The van der Waals surface area contributed by atoms with Crippen molar-refractivity contribution in [1.29, 1.82) is 0 Å². The predicted molar refractivity (Wildman–Crippen MR) is 98.2 cm³/mol. The molecule has 1 aromatic rings. The van der Waals surface area contributed by atoms with E-state index in [2.05, 4.69) is 22.9 Å². The van der Waals surface area contributed by atoms with Crippen molar-refractivity contribution in [3.63, 3.8) is 0 Å². The van der Waals surface area contributed by atoms with Crippen LogP contribution in [0.15, 0.2) is 18.2 Å². The molecule has 0 unspecified atom stereocenters. The summed E-state index contributed by atoms with van der Waals surface area (Å²) in [5.41, 5.74) is 2.38. The minimum absolute atomic E-state index is 0.0365. The maximum Gasteiger partial charge on any atom is 0.319 e.